The second-order valence-corrected chi connectivity index (χ2v) is 7.95. The van der Waals surface area contributed by atoms with E-state index in [4.69, 9.17) is 0 Å². The Morgan fingerprint density at radius 3 is 2.26 bits per heavy atom. The van der Waals surface area contributed by atoms with Crippen molar-refractivity contribution in [1.82, 2.24) is 0 Å². The van der Waals surface area contributed by atoms with Gasteiger partial charge in [-0.05, 0) is 0 Å². The second kappa shape index (κ2) is 6.29. The number of sulfonamides is 1. The molecular formula is C14H13INO2S-. The van der Waals surface area contributed by atoms with Crippen molar-refractivity contribution in [3.8, 4) is 0 Å². The van der Waals surface area contributed by atoms with E-state index in [9.17, 15) is 8.42 Å². The third-order valence-corrected chi connectivity index (χ3v) is 6.03. The van der Waals surface area contributed by atoms with Gasteiger partial charge >= 0.3 is 124 Å². The fourth-order valence-corrected chi connectivity index (χ4v) is 4.53. The number of hydrogen-bond acceptors (Lipinski definition) is 2. The van der Waals surface area contributed by atoms with Crippen LogP contribution < -0.4 is 21.2 Å². The number of hydrogen-bond donors (Lipinski definition) is 0. The van der Waals surface area contributed by atoms with E-state index >= 15 is 0 Å². The van der Waals surface area contributed by atoms with Gasteiger partial charge in [0.15, 0.2) is 0 Å². The van der Waals surface area contributed by atoms with Crippen molar-refractivity contribution in [3.63, 3.8) is 0 Å². The van der Waals surface area contributed by atoms with Gasteiger partial charge in [0.05, 0.1) is 0 Å². The van der Waals surface area contributed by atoms with Gasteiger partial charge in [0.25, 0.3) is 0 Å². The zero-order valence-corrected chi connectivity index (χ0v) is 13.3. The number of aryl methyl sites for hydroxylation is 1. The number of rotatable bonds is 4. The number of benzene rings is 2. The summed E-state index contributed by atoms with van der Waals surface area (Å²) < 4.78 is 30.3. The average molecular weight is 386 g/mol. The first-order valence-corrected chi connectivity index (χ1v) is 9.38. The average Bonchev–Trinajstić information content (AvgIpc) is 2.40. The number of halogens is 1. The maximum absolute atomic E-state index is 12.0. The summed E-state index contributed by atoms with van der Waals surface area (Å²) in [7, 11) is -3.55. The molecule has 0 atom stereocenters. The first-order chi connectivity index (χ1) is 9.08. The van der Waals surface area contributed by atoms with E-state index in [1.807, 2.05) is 37.3 Å². The monoisotopic (exact) mass is 386 g/mol. The van der Waals surface area contributed by atoms with Gasteiger partial charge in [-0.3, -0.25) is 0 Å². The predicted octanol–water partition coefficient (Wildman–Crippen LogP) is -0.329. The van der Waals surface area contributed by atoms with Crippen molar-refractivity contribution in [2.45, 2.75) is 11.8 Å². The molecule has 0 radical (unpaired) electrons. The van der Waals surface area contributed by atoms with Crippen LogP contribution in [-0.2, 0) is 10.0 Å². The van der Waals surface area contributed by atoms with Crippen LogP contribution in [0.15, 0.2) is 63.9 Å². The SMILES string of the molecule is Cc1ccc(S(=O)(=O)N=C[I-]c2ccccc2)cc1. The zero-order chi connectivity index (χ0) is 13.7. The molecule has 100 valence electrons. The Balaban J connectivity index is 2.11. The van der Waals surface area contributed by atoms with Gasteiger partial charge in [-0.25, -0.2) is 0 Å². The Kier molecular flexibility index (Phi) is 4.71. The van der Waals surface area contributed by atoms with Crippen LogP contribution in [0, 0.1) is 10.5 Å². The van der Waals surface area contributed by atoms with Gasteiger partial charge in [-0.1, -0.05) is 0 Å². The van der Waals surface area contributed by atoms with Gasteiger partial charge in [-0.2, -0.15) is 0 Å². The van der Waals surface area contributed by atoms with Crippen molar-refractivity contribution in [3.05, 3.63) is 63.7 Å². The third kappa shape index (κ3) is 4.14. The molecule has 0 unspecified atom stereocenters. The summed E-state index contributed by atoms with van der Waals surface area (Å²) >= 11 is -0.508. The van der Waals surface area contributed by atoms with Crippen LogP contribution in [0.25, 0.3) is 0 Å². The van der Waals surface area contributed by atoms with E-state index < -0.39 is 31.2 Å². The Labute approximate surface area is 123 Å². The molecule has 2 rings (SSSR count). The van der Waals surface area contributed by atoms with Gasteiger partial charge in [0.1, 0.15) is 0 Å². The van der Waals surface area contributed by atoms with Crippen molar-refractivity contribution in [1.29, 1.82) is 0 Å². The van der Waals surface area contributed by atoms with E-state index in [1.165, 1.54) is 0 Å². The van der Waals surface area contributed by atoms with Crippen molar-refractivity contribution < 1.29 is 29.6 Å². The molecule has 0 aliphatic carbocycles. The first kappa shape index (κ1) is 14.2. The molecule has 0 saturated heterocycles. The molecule has 0 bridgehead atoms. The van der Waals surface area contributed by atoms with Crippen molar-refractivity contribution in [2.24, 2.45) is 4.40 Å². The van der Waals surface area contributed by atoms with Crippen LogP contribution in [0.5, 0.6) is 0 Å². The molecule has 0 spiro atoms. The summed E-state index contributed by atoms with van der Waals surface area (Å²) in [5, 5.41) is 0. The summed E-state index contributed by atoms with van der Waals surface area (Å²) in [6, 6.07) is 16.5. The molecule has 0 aliphatic heterocycles. The molecule has 19 heavy (non-hydrogen) atoms. The quantitative estimate of drug-likeness (QED) is 0.534. The van der Waals surface area contributed by atoms with Crippen LogP contribution in [-0.4, -0.2) is 12.6 Å². The second-order valence-electron chi connectivity index (χ2n) is 3.90. The van der Waals surface area contributed by atoms with E-state index in [0.29, 0.717) is 0 Å². The molecule has 0 saturated carbocycles. The summed E-state index contributed by atoms with van der Waals surface area (Å²) in [5.74, 6) is 0. The van der Waals surface area contributed by atoms with Crippen LogP contribution in [0.2, 0.25) is 0 Å². The van der Waals surface area contributed by atoms with Crippen LogP contribution in [0.1, 0.15) is 5.56 Å². The third-order valence-electron chi connectivity index (χ3n) is 2.41. The van der Waals surface area contributed by atoms with Gasteiger partial charge in [0, 0.05) is 0 Å². The predicted molar refractivity (Wildman–Crippen MR) is 72.0 cm³/mol. The molecule has 0 N–H and O–H groups in total. The van der Waals surface area contributed by atoms with Crippen LogP contribution in [0.3, 0.4) is 0 Å². The fourth-order valence-electron chi connectivity index (χ4n) is 1.39. The standard InChI is InChI=1S/C14H13INO2S/c1-12-7-9-14(10-8-12)19(17,18)16-11-15-13-5-3-2-4-6-13/h2-11H,1H3/q-1. The fraction of sp³-hybridized carbons (Fsp3) is 0.0714. The van der Waals surface area contributed by atoms with Crippen molar-refractivity contribution >= 4 is 14.2 Å². The van der Waals surface area contributed by atoms with Crippen molar-refractivity contribution in [2.75, 3.05) is 0 Å². The van der Waals surface area contributed by atoms with E-state index in [2.05, 4.69) is 4.40 Å². The summed E-state index contributed by atoms with van der Waals surface area (Å²) in [6.45, 7) is 1.92. The summed E-state index contributed by atoms with van der Waals surface area (Å²) in [4.78, 5) is 0.242. The molecule has 3 nitrogen and oxygen atoms in total. The molecule has 5 heteroatoms. The summed E-state index contributed by atoms with van der Waals surface area (Å²) in [5.41, 5.74) is 1.03. The van der Waals surface area contributed by atoms with E-state index in [-0.39, 0.29) is 4.90 Å². The minimum atomic E-state index is -3.55. The van der Waals surface area contributed by atoms with Gasteiger partial charge in [-0.15, -0.1) is 0 Å². The molecule has 0 fully saturated rings. The molecule has 0 amide bonds. The maximum atomic E-state index is 12.0. The molecule has 0 heterocycles. The van der Waals surface area contributed by atoms with E-state index in [1.54, 1.807) is 28.5 Å². The Morgan fingerprint density at radius 2 is 1.63 bits per heavy atom. The topological polar surface area (TPSA) is 46.5 Å². The molecule has 2 aromatic rings. The Hall–Kier alpha value is -1.21. The molecular weight excluding hydrogens is 373 g/mol. The zero-order valence-electron chi connectivity index (χ0n) is 10.3. The molecule has 0 aliphatic rings. The van der Waals surface area contributed by atoms with E-state index in [0.717, 1.165) is 9.13 Å². The van der Waals surface area contributed by atoms with Gasteiger partial charge in [0.2, 0.25) is 0 Å². The summed E-state index contributed by atoms with van der Waals surface area (Å²) in [6.07, 6.45) is 0. The van der Waals surface area contributed by atoms with Crippen LogP contribution in [0.4, 0.5) is 0 Å². The Bertz CT molecular complexity index is 664. The number of nitrogens with zero attached hydrogens (tertiary/aromatic N) is 1. The first-order valence-electron chi connectivity index (χ1n) is 5.62. The minimum absolute atomic E-state index is 0.242. The molecule has 2 aromatic carbocycles. The van der Waals surface area contributed by atoms with Gasteiger partial charge < -0.3 is 0 Å². The van der Waals surface area contributed by atoms with Crippen LogP contribution >= 0.6 is 0 Å². The normalized spacial score (nSPS) is 12.1. The molecule has 0 aromatic heterocycles. The Morgan fingerprint density at radius 1 is 1.00 bits per heavy atom.